The Balaban J connectivity index is 1.55. The van der Waals surface area contributed by atoms with Crippen molar-refractivity contribution in [1.29, 1.82) is 0 Å². The molecule has 2 saturated heterocycles. The van der Waals surface area contributed by atoms with Gasteiger partial charge in [-0.25, -0.2) is 9.78 Å². The van der Waals surface area contributed by atoms with E-state index in [1.165, 1.54) is 0 Å². The van der Waals surface area contributed by atoms with Crippen molar-refractivity contribution >= 4 is 6.03 Å². The molecule has 18 heavy (non-hydrogen) atoms. The molecule has 3 fully saturated rings. The lowest BCUT2D eigenvalue weighted by Crippen LogP contribution is -2.49. The minimum absolute atomic E-state index is 0.0264. The minimum atomic E-state index is 0.0264. The number of carbonyl (C=O) groups is 1. The average molecular weight is 249 g/mol. The first-order valence-corrected chi connectivity index (χ1v) is 6.59. The zero-order valence-corrected chi connectivity index (χ0v) is 10.9. The van der Waals surface area contributed by atoms with Crippen LogP contribution in [0.15, 0.2) is 10.7 Å². The zero-order chi connectivity index (χ0) is 12.8. The van der Waals surface area contributed by atoms with E-state index in [1.54, 1.807) is 6.26 Å². The topological polar surface area (TPSA) is 58.4 Å². The smallest absolute Gasteiger partial charge is 0.318 e. The van der Waals surface area contributed by atoms with Crippen LogP contribution in [0.25, 0.3) is 0 Å². The molecule has 1 aromatic heterocycles. The van der Waals surface area contributed by atoms with E-state index >= 15 is 0 Å². The Labute approximate surface area is 107 Å². The second-order valence-electron chi connectivity index (χ2n) is 5.63. The third-order valence-corrected chi connectivity index (χ3v) is 4.12. The number of nitrogens with one attached hydrogen (secondary N) is 1. The molecule has 98 valence electrons. The largest absolute Gasteiger partial charge is 0.449 e. The van der Waals surface area contributed by atoms with Gasteiger partial charge >= 0.3 is 6.03 Å². The molecule has 5 nitrogen and oxygen atoms in total. The third-order valence-electron chi connectivity index (χ3n) is 4.12. The van der Waals surface area contributed by atoms with Gasteiger partial charge in [0.2, 0.25) is 0 Å². The van der Waals surface area contributed by atoms with Crippen molar-refractivity contribution in [3.8, 4) is 0 Å². The van der Waals surface area contributed by atoms with E-state index in [4.69, 9.17) is 4.42 Å². The van der Waals surface area contributed by atoms with Gasteiger partial charge in [-0.05, 0) is 25.7 Å². The molecule has 0 spiro atoms. The van der Waals surface area contributed by atoms with Crippen LogP contribution in [0.5, 0.6) is 0 Å². The normalized spacial score (nSPS) is 29.2. The number of rotatable bonds is 3. The summed E-state index contributed by atoms with van der Waals surface area (Å²) in [5.74, 6) is 1.44. The summed E-state index contributed by atoms with van der Waals surface area (Å²) < 4.78 is 5.24. The van der Waals surface area contributed by atoms with E-state index in [-0.39, 0.29) is 11.6 Å². The number of fused-ring (bicyclic) bond motifs is 1. The van der Waals surface area contributed by atoms with Gasteiger partial charge in [0.05, 0.1) is 12.2 Å². The maximum absolute atomic E-state index is 12.1. The van der Waals surface area contributed by atoms with Gasteiger partial charge in [-0.2, -0.15) is 0 Å². The Morgan fingerprint density at radius 3 is 3.00 bits per heavy atom. The summed E-state index contributed by atoms with van der Waals surface area (Å²) in [6.45, 7) is 5.51. The number of hydrogen-bond acceptors (Lipinski definition) is 3. The number of carbonyl (C=O) groups excluding carboxylic acids is 1. The predicted molar refractivity (Wildman–Crippen MR) is 66.0 cm³/mol. The first-order valence-electron chi connectivity index (χ1n) is 6.59. The summed E-state index contributed by atoms with van der Waals surface area (Å²) >= 11 is 0. The van der Waals surface area contributed by atoms with Crippen molar-refractivity contribution in [2.45, 2.75) is 45.2 Å². The van der Waals surface area contributed by atoms with E-state index in [9.17, 15) is 4.79 Å². The molecule has 3 heterocycles. The summed E-state index contributed by atoms with van der Waals surface area (Å²) in [6.07, 6.45) is 4.71. The van der Waals surface area contributed by atoms with Crippen LogP contribution in [0.2, 0.25) is 0 Å². The molecule has 1 saturated carbocycles. The van der Waals surface area contributed by atoms with Crippen molar-refractivity contribution in [3.63, 3.8) is 0 Å². The molecule has 1 N–H and O–H groups in total. The van der Waals surface area contributed by atoms with Gasteiger partial charge in [-0.3, -0.25) is 0 Å². The third kappa shape index (κ3) is 1.78. The molecule has 1 aromatic rings. The number of amides is 2. The predicted octanol–water partition coefficient (Wildman–Crippen LogP) is 1.93. The van der Waals surface area contributed by atoms with E-state index < -0.39 is 0 Å². The lowest BCUT2D eigenvalue weighted by atomic mass is 9.75. The van der Waals surface area contributed by atoms with Crippen LogP contribution in [0.4, 0.5) is 4.79 Å². The fourth-order valence-corrected chi connectivity index (χ4v) is 3.19. The number of hydrogen-bond donors (Lipinski definition) is 1. The van der Waals surface area contributed by atoms with Gasteiger partial charge in [-0.1, -0.05) is 6.92 Å². The molecule has 5 heteroatoms. The SMILES string of the molecule is CCc1nc(CNC(=O)N2CC3CC2(C)C3)co1. The van der Waals surface area contributed by atoms with E-state index in [0.717, 1.165) is 43.3 Å². The van der Waals surface area contributed by atoms with Crippen molar-refractivity contribution in [1.82, 2.24) is 15.2 Å². The molecule has 4 rings (SSSR count). The molecule has 2 amide bonds. The molecule has 2 bridgehead atoms. The Bertz CT molecular complexity index is 463. The quantitative estimate of drug-likeness (QED) is 0.890. The summed E-state index contributed by atoms with van der Waals surface area (Å²) in [5.41, 5.74) is 0.893. The highest BCUT2D eigenvalue weighted by Gasteiger charge is 2.54. The van der Waals surface area contributed by atoms with Crippen LogP contribution in [-0.4, -0.2) is 28.0 Å². The van der Waals surface area contributed by atoms with Crippen molar-refractivity contribution in [2.24, 2.45) is 5.92 Å². The fraction of sp³-hybridized carbons (Fsp3) is 0.692. The van der Waals surface area contributed by atoms with Crippen LogP contribution < -0.4 is 5.32 Å². The van der Waals surface area contributed by atoms with Gasteiger partial charge in [0.1, 0.15) is 6.26 Å². The minimum Gasteiger partial charge on any atom is -0.449 e. The first-order chi connectivity index (χ1) is 8.60. The Hall–Kier alpha value is -1.52. The highest BCUT2D eigenvalue weighted by molar-refractivity contribution is 5.76. The maximum Gasteiger partial charge on any atom is 0.318 e. The average Bonchev–Trinajstić information content (AvgIpc) is 2.97. The lowest BCUT2D eigenvalue weighted by molar-refractivity contribution is 0.138. The molecule has 1 aliphatic carbocycles. The van der Waals surface area contributed by atoms with E-state index in [0.29, 0.717) is 6.54 Å². The lowest BCUT2D eigenvalue weighted by Gasteiger charge is -2.38. The molecular weight excluding hydrogens is 230 g/mol. The highest BCUT2D eigenvalue weighted by Crippen LogP contribution is 2.49. The van der Waals surface area contributed by atoms with Crippen molar-refractivity contribution in [3.05, 3.63) is 17.8 Å². The van der Waals surface area contributed by atoms with E-state index in [1.807, 2.05) is 11.8 Å². The van der Waals surface area contributed by atoms with Gasteiger partial charge in [0, 0.05) is 18.5 Å². The number of nitrogens with zero attached hydrogens (tertiary/aromatic N) is 2. The monoisotopic (exact) mass is 249 g/mol. The second kappa shape index (κ2) is 4.00. The molecule has 0 aromatic carbocycles. The van der Waals surface area contributed by atoms with Crippen LogP contribution in [-0.2, 0) is 13.0 Å². The zero-order valence-electron chi connectivity index (χ0n) is 10.9. The van der Waals surface area contributed by atoms with Gasteiger partial charge in [-0.15, -0.1) is 0 Å². The number of aromatic nitrogens is 1. The van der Waals surface area contributed by atoms with Crippen LogP contribution in [0.1, 0.15) is 38.3 Å². The molecule has 0 atom stereocenters. The molecule has 3 aliphatic rings. The highest BCUT2D eigenvalue weighted by atomic mass is 16.3. The summed E-state index contributed by atoms with van der Waals surface area (Å²) in [5, 5.41) is 2.93. The molecular formula is C13H19N3O2. The van der Waals surface area contributed by atoms with Gasteiger partial charge < -0.3 is 14.6 Å². The van der Waals surface area contributed by atoms with Crippen LogP contribution in [0, 0.1) is 5.92 Å². The molecule has 0 unspecified atom stereocenters. The summed E-state index contributed by atoms with van der Waals surface area (Å²) in [4.78, 5) is 18.3. The standard InChI is InChI=1S/C13H19N3O2/c1-3-11-15-10(8-18-11)6-14-12(17)16-7-9-4-13(16,2)5-9/h8-9H,3-7H2,1-2H3,(H,14,17). The van der Waals surface area contributed by atoms with Gasteiger partial charge in [0.15, 0.2) is 5.89 Å². The van der Waals surface area contributed by atoms with Crippen molar-refractivity contribution in [2.75, 3.05) is 6.54 Å². The number of oxazole rings is 1. The van der Waals surface area contributed by atoms with Crippen LogP contribution >= 0.6 is 0 Å². The van der Waals surface area contributed by atoms with Crippen molar-refractivity contribution < 1.29 is 9.21 Å². The fourth-order valence-electron chi connectivity index (χ4n) is 3.19. The van der Waals surface area contributed by atoms with Crippen LogP contribution in [0.3, 0.4) is 0 Å². The molecule has 2 aliphatic heterocycles. The molecule has 0 radical (unpaired) electrons. The Kier molecular flexibility index (Phi) is 2.57. The van der Waals surface area contributed by atoms with E-state index in [2.05, 4.69) is 17.2 Å². The number of aryl methyl sites for hydroxylation is 1. The summed E-state index contributed by atoms with van der Waals surface area (Å²) in [6, 6.07) is 0.0264. The second-order valence-corrected chi connectivity index (χ2v) is 5.63. The number of urea groups is 1. The summed E-state index contributed by atoms with van der Waals surface area (Å²) in [7, 11) is 0. The Morgan fingerprint density at radius 2 is 2.44 bits per heavy atom. The Morgan fingerprint density at radius 1 is 1.67 bits per heavy atom. The maximum atomic E-state index is 12.1. The first kappa shape index (κ1) is 11.6. The van der Waals surface area contributed by atoms with Gasteiger partial charge in [0.25, 0.3) is 0 Å².